The van der Waals surface area contributed by atoms with Crippen LogP contribution in [0.3, 0.4) is 0 Å². The van der Waals surface area contributed by atoms with Crippen LogP contribution in [0.4, 0.5) is 10.1 Å². The summed E-state index contributed by atoms with van der Waals surface area (Å²) in [5.74, 6) is -0.457. The minimum absolute atomic E-state index is 0.153. The van der Waals surface area contributed by atoms with Crippen molar-refractivity contribution in [3.05, 3.63) is 72.2 Å². The molecule has 0 aliphatic rings. The second kappa shape index (κ2) is 6.44. The van der Waals surface area contributed by atoms with E-state index < -0.39 is 0 Å². The summed E-state index contributed by atoms with van der Waals surface area (Å²) in [5.41, 5.74) is 2.59. The normalized spacial score (nSPS) is 10.5. The standard InChI is InChI=1S/C18H16FN3O/c1-2-22(15-6-4-3-5-7-15)18(23)17-12-16(20-21-17)13-8-10-14(19)11-9-13/h3-12H,2H2,1H3,(H,20,21). The minimum Gasteiger partial charge on any atom is -0.307 e. The van der Waals surface area contributed by atoms with Gasteiger partial charge >= 0.3 is 0 Å². The zero-order valence-electron chi connectivity index (χ0n) is 12.7. The fourth-order valence-electron chi connectivity index (χ4n) is 2.40. The molecule has 0 spiro atoms. The van der Waals surface area contributed by atoms with Gasteiger partial charge in [0.15, 0.2) is 0 Å². The molecule has 1 aromatic heterocycles. The lowest BCUT2D eigenvalue weighted by molar-refractivity contribution is 0.0983. The Bertz CT molecular complexity index is 797. The van der Waals surface area contributed by atoms with E-state index in [1.54, 1.807) is 23.1 Å². The van der Waals surface area contributed by atoms with E-state index in [0.717, 1.165) is 11.3 Å². The van der Waals surface area contributed by atoms with E-state index in [9.17, 15) is 9.18 Å². The maximum Gasteiger partial charge on any atom is 0.276 e. The number of aromatic nitrogens is 2. The first-order valence-corrected chi connectivity index (χ1v) is 7.37. The molecule has 0 radical (unpaired) electrons. The molecule has 4 nitrogen and oxygen atoms in total. The number of aromatic amines is 1. The molecular weight excluding hydrogens is 293 g/mol. The zero-order chi connectivity index (χ0) is 16.2. The van der Waals surface area contributed by atoms with Gasteiger partial charge in [0.1, 0.15) is 11.5 Å². The van der Waals surface area contributed by atoms with Crippen molar-refractivity contribution < 1.29 is 9.18 Å². The average Bonchev–Trinajstić information content (AvgIpc) is 3.07. The number of benzene rings is 2. The largest absolute Gasteiger partial charge is 0.307 e. The van der Waals surface area contributed by atoms with Crippen molar-refractivity contribution in [2.24, 2.45) is 0 Å². The number of para-hydroxylation sites is 1. The van der Waals surface area contributed by atoms with Crippen LogP contribution in [0.15, 0.2) is 60.7 Å². The lowest BCUT2D eigenvalue weighted by Gasteiger charge is -2.19. The number of amides is 1. The first-order valence-electron chi connectivity index (χ1n) is 7.37. The van der Waals surface area contributed by atoms with Crippen LogP contribution in [0.5, 0.6) is 0 Å². The quantitative estimate of drug-likeness (QED) is 0.795. The molecule has 0 aliphatic carbocycles. The van der Waals surface area contributed by atoms with E-state index in [1.807, 2.05) is 37.3 Å². The van der Waals surface area contributed by atoms with E-state index in [1.165, 1.54) is 12.1 Å². The highest BCUT2D eigenvalue weighted by Crippen LogP contribution is 2.20. The lowest BCUT2D eigenvalue weighted by atomic mass is 10.1. The summed E-state index contributed by atoms with van der Waals surface area (Å²) in [6, 6.07) is 17.2. The Morgan fingerprint density at radius 1 is 1.13 bits per heavy atom. The van der Waals surface area contributed by atoms with Crippen LogP contribution in [0.2, 0.25) is 0 Å². The van der Waals surface area contributed by atoms with Crippen LogP contribution >= 0.6 is 0 Å². The van der Waals surface area contributed by atoms with Gasteiger partial charge in [-0.25, -0.2) is 4.39 Å². The molecule has 0 fully saturated rings. The van der Waals surface area contributed by atoms with Crippen LogP contribution in [0.1, 0.15) is 17.4 Å². The van der Waals surface area contributed by atoms with Gasteiger partial charge in [0.05, 0.1) is 5.69 Å². The number of carbonyl (C=O) groups excluding carboxylic acids is 1. The van der Waals surface area contributed by atoms with Gasteiger partial charge < -0.3 is 4.90 Å². The number of halogens is 1. The Kier molecular flexibility index (Phi) is 4.19. The maximum atomic E-state index is 13.0. The first kappa shape index (κ1) is 15.0. The molecule has 0 unspecified atom stereocenters. The van der Waals surface area contributed by atoms with Gasteiger partial charge in [-0.1, -0.05) is 18.2 Å². The average molecular weight is 309 g/mol. The molecule has 1 N–H and O–H groups in total. The fraction of sp³-hybridized carbons (Fsp3) is 0.111. The Morgan fingerprint density at radius 3 is 2.48 bits per heavy atom. The SMILES string of the molecule is CCN(C(=O)c1cc(-c2ccc(F)cc2)n[nH]1)c1ccccc1. The molecule has 23 heavy (non-hydrogen) atoms. The monoisotopic (exact) mass is 309 g/mol. The molecule has 1 heterocycles. The molecule has 0 atom stereocenters. The van der Waals surface area contributed by atoms with Crippen LogP contribution < -0.4 is 4.90 Å². The van der Waals surface area contributed by atoms with Crippen LogP contribution in [-0.2, 0) is 0 Å². The fourth-order valence-corrected chi connectivity index (χ4v) is 2.40. The zero-order valence-corrected chi connectivity index (χ0v) is 12.7. The lowest BCUT2D eigenvalue weighted by Crippen LogP contribution is -2.30. The van der Waals surface area contributed by atoms with Gasteiger partial charge in [-0.05, 0) is 49.4 Å². The topological polar surface area (TPSA) is 49.0 Å². The number of H-pyrrole nitrogens is 1. The molecular formula is C18H16FN3O. The van der Waals surface area contributed by atoms with Crippen molar-refractivity contribution in [3.8, 4) is 11.3 Å². The smallest absolute Gasteiger partial charge is 0.276 e. The van der Waals surface area contributed by atoms with Crippen molar-refractivity contribution in [3.63, 3.8) is 0 Å². The van der Waals surface area contributed by atoms with Gasteiger partial charge in [-0.15, -0.1) is 0 Å². The highest BCUT2D eigenvalue weighted by molar-refractivity contribution is 6.05. The molecule has 0 saturated heterocycles. The number of carbonyl (C=O) groups is 1. The van der Waals surface area contributed by atoms with Gasteiger partial charge in [-0.2, -0.15) is 5.10 Å². The summed E-state index contributed by atoms with van der Waals surface area (Å²) in [4.78, 5) is 14.3. The maximum absolute atomic E-state index is 13.0. The van der Waals surface area contributed by atoms with Gasteiger partial charge in [-0.3, -0.25) is 9.89 Å². The van der Waals surface area contributed by atoms with Crippen molar-refractivity contribution in [1.82, 2.24) is 10.2 Å². The van der Waals surface area contributed by atoms with Crippen LogP contribution in [0.25, 0.3) is 11.3 Å². The Balaban J connectivity index is 1.87. The number of nitrogens with zero attached hydrogens (tertiary/aromatic N) is 2. The first-order chi connectivity index (χ1) is 11.2. The highest BCUT2D eigenvalue weighted by atomic mass is 19.1. The molecule has 116 valence electrons. The van der Waals surface area contributed by atoms with E-state index in [-0.39, 0.29) is 11.7 Å². The highest BCUT2D eigenvalue weighted by Gasteiger charge is 2.18. The Hall–Kier alpha value is -2.95. The summed E-state index contributed by atoms with van der Waals surface area (Å²) in [7, 11) is 0. The third kappa shape index (κ3) is 3.13. The van der Waals surface area contributed by atoms with Crippen molar-refractivity contribution >= 4 is 11.6 Å². The van der Waals surface area contributed by atoms with E-state index >= 15 is 0 Å². The molecule has 0 bridgehead atoms. The van der Waals surface area contributed by atoms with Gasteiger partial charge in [0.2, 0.25) is 0 Å². The van der Waals surface area contributed by atoms with Crippen LogP contribution in [-0.4, -0.2) is 22.6 Å². The van der Waals surface area contributed by atoms with E-state index in [2.05, 4.69) is 10.2 Å². The third-order valence-electron chi connectivity index (χ3n) is 3.58. The Morgan fingerprint density at radius 2 is 1.83 bits per heavy atom. The molecule has 0 aliphatic heterocycles. The summed E-state index contributed by atoms with van der Waals surface area (Å²) in [6.07, 6.45) is 0. The third-order valence-corrected chi connectivity index (χ3v) is 3.58. The number of hydrogen-bond donors (Lipinski definition) is 1. The number of nitrogens with one attached hydrogen (secondary N) is 1. The molecule has 1 amide bonds. The minimum atomic E-state index is -0.304. The summed E-state index contributed by atoms with van der Waals surface area (Å²) >= 11 is 0. The molecule has 5 heteroatoms. The number of rotatable bonds is 4. The van der Waals surface area contributed by atoms with Gasteiger partial charge in [0.25, 0.3) is 5.91 Å². The summed E-state index contributed by atoms with van der Waals surface area (Å²) in [5, 5.41) is 6.92. The molecule has 3 aromatic rings. The van der Waals surface area contributed by atoms with E-state index in [4.69, 9.17) is 0 Å². The van der Waals surface area contributed by atoms with Crippen LogP contribution in [0, 0.1) is 5.82 Å². The predicted molar refractivity (Wildman–Crippen MR) is 87.8 cm³/mol. The predicted octanol–water partition coefficient (Wildman–Crippen LogP) is 3.88. The number of hydrogen-bond acceptors (Lipinski definition) is 2. The van der Waals surface area contributed by atoms with Crippen molar-refractivity contribution in [2.45, 2.75) is 6.92 Å². The molecule has 3 rings (SSSR count). The molecule has 2 aromatic carbocycles. The second-order valence-corrected chi connectivity index (χ2v) is 5.06. The second-order valence-electron chi connectivity index (χ2n) is 5.06. The Labute approximate surface area is 133 Å². The summed E-state index contributed by atoms with van der Waals surface area (Å²) < 4.78 is 13.0. The number of anilines is 1. The molecule has 0 saturated carbocycles. The van der Waals surface area contributed by atoms with Crippen molar-refractivity contribution in [1.29, 1.82) is 0 Å². The summed E-state index contributed by atoms with van der Waals surface area (Å²) in [6.45, 7) is 2.47. The van der Waals surface area contributed by atoms with Crippen molar-refractivity contribution in [2.75, 3.05) is 11.4 Å². The van der Waals surface area contributed by atoms with Gasteiger partial charge in [0, 0.05) is 17.8 Å². The van der Waals surface area contributed by atoms with E-state index in [0.29, 0.717) is 17.9 Å².